The summed E-state index contributed by atoms with van der Waals surface area (Å²) in [5.41, 5.74) is 1.61. The van der Waals surface area contributed by atoms with E-state index in [0.29, 0.717) is 28.9 Å². The van der Waals surface area contributed by atoms with E-state index < -0.39 is 0 Å². The predicted molar refractivity (Wildman–Crippen MR) is 96.5 cm³/mol. The van der Waals surface area contributed by atoms with Crippen LogP contribution in [-0.2, 0) is 6.61 Å². The Kier molecular flexibility index (Phi) is 5.41. The van der Waals surface area contributed by atoms with Crippen LogP contribution in [0.1, 0.15) is 35.7 Å². The summed E-state index contributed by atoms with van der Waals surface area (Å²) in [7, 11) is 0. The van der Waals surface area contributed by atoms with Gasteiger partial charge in [-0.05, 0) is 43.0 Å². The Morgan fingerprint density at radius 3 is 2.88 bits per heavy atom. The van der Waals surface area contributed by atoms with Crippen LogP contribution in [0.15, 0.2) is 48.5 Å². The molecule has 4 heteroatoms. The molecule has 1 saturated heterocycles. The van der Waals surface area contributed by atoms with E-state index in [1.807, 2.05) is 53.4 Å². The molecule has 1 atom stereocenters. The highest BCUT2D eigenvalue weighted by Crippen LogP contribution is 2.22. The maximum atomic E-state index is 12.7. The number of amides is 1. The van der Waals surface area contributed by atoms with Crippen LogP contribution in [0.25, 0.3) is 0 Å². The van der Waals surface area contributed by atoms with Crippen LogP contribution in [-0.4, -0.2) is 23.9 Å². The summed E-state index contributed by atoms with van der Waals surface area (Å²) in [6.07, 6.45) is 2.28. The van der Waals surface area contributed by atoms with Crippen molar-refractivity contribution in [1.29, 1.82) is 0 Å². The van der Waals surface area contributed by atoms with Crippen LogP contribution in [0.4, 0.5) is 0 Å². The molecule has 1 fully saturated rings. The van der Waals surface area contributed by atoms with E-state index in [-0.39, 0.29) is 5.91 Å². The third kappa shape index (κ3) is 4.09. The Bertz CT molecular complexity index is 716. The van der Waals surface area contributed by atoms with Crippen LogP contribution in [0.2, 0.25) is 5.02 Å². The van der Waals surface area contributed by atoms with Crippen molar-refractivity contribution in [1.82, 2.24) is 4.90 Å². The molecule has 0 saturated carbocycles. The predicted octanol–water partition coefficient (Wildman–Crippen LogP) is 4.79. The summed E-state index contributed by atoms with van der Waals surface area (Å²) >= 11 is 6.15. The summed E-state index contributed by atoms with van der Waals surface area (Å²) < 4.78 is 5.82. The van der Waals surface area contributed by atoms with Gasteiger partial charge in [0.2, 0.25) is 0 Å². The van der Waals surface area contributed by atoms with E-state index >= 15 is 0 Å². The average molecular weight is 344 g/mol. The number of carbonyl (C=O) groups excluding carboxylic acids is 1. The topological polar surface area (TPSA) is 29.5 Å². The van der Waals surface area contributed by atoms with Crippen molar-refractivity contribution < 1.29 is 9.53 Å². The van der Waals surface area contributed by atoms with Crippen LogP contribution in [0, 0.1) is 5.92 Å². The molecule has 1 heterocycles. The number of piperidine rings is 1. The SMILES string of the molecule is C[C@@H]1CCCN(C(=O)c2cccc(OCc3ccccc3Cl)c2)C1. The molecule has 126 valence electrons. The summed E-state index contributed by atoms with van der Waals surface area (Å²) in [6, 6.07) is 15.0. The fourth-order valence-corrected chi connectivity index (χ4v) is 3.24. The first-order valence-electron chi connectivity index (χ1n) is 8.39. The molecule has 0 spiro atoms. The van der Waals surface area contributed by atoms with Crippen LogP contribution >= 0.6 is 11.6 Å². The quantitative estimate of drug-likeness (QED) is 0.798. The molecular weight excluding hydrogens is 322 g/mol. The van der Waals surface area contributed by atoms with Gasteiger partial charge in [-0.25, -0.2) is 0 Å². The monoisotopic (exact) mass is 343 g/mol. The van der Waals surface area contributed by atoms with Crippen LogP contribution < -0.4 is 4.74 Å². The fourth-order valence-electron chi connectivity index (χ4n) is 3.05. The van der Waals surface area contributed by atoms with Gasteiger partial charge in [0.1, 0.15) is 12.4 Å². The molecule has 3 nitrogen and oxygen atoms in total. The van der Waals surface area contributed by atoms with Crippen LogP contribution in [0.3, 0.4) is 0 Å². The van der Waals surface area contributed by atoms with Crippen molar-refractivity contribution in [3.05, 3.63) is 64.7 Å². The Morgan fingerprint density at radius 2 is 2.08 bits per heavy atom. The second-order valence-electron chi connectivity index (χ2n) is 6.41. The molecule has 1 aliphatic heterocycles. The molecule has 2 aromatic carbocycles. The van der Waals surface area contributed by atoms with Crippen molar-refractivity contribution in [2.24, 2.45) is 5.92 Å². The number of nitrogens with zero attached hydrogens (tertiary/aromatic N) is 1. The third-order valence-corrected chi connectivity index (χ3v) is 4.75. The standard InChI is InChI=1S/C20H22ClNO2/c1-15-6-5-11-22(13-15)20(23)16-8-4-9-18(12-16)24-14-17-7-2-3-10-19(17)21/h2-4,7-10,12,15H,5-6,11,13-14H2,1H3/t15-/m1/s1. The highest BCUT2D eigenvalue weighted by atomic mass is 35.5. The Morgan fingerprint density at radius 1 is 1.25 bits per heavy atom. The highest BCUT2D eigenvalue weighted by Gasteiger charge is 2.22. The van der Waals surface area contributed by atoms with Gasteiger partial charge in [0.25, 0.3) is 5.91 Å². The number of ether oxygens (including phenoxy) is 1. The molecule has 24 heavy (non-hydrogen) atoms. The van der Waals surface area contributed by atoms with E-state index in [0.717, 1.165) is 25.1 Å². The normalized spacial score (nSPS) is 17.6. The van der Waals surface area contributed by atoms with Crippen molar-refractivity contribution in [3.63, 3.8) is 0 Å². The van der Waals surface area contributed by atoms with Gasteiger partial charge in [0, 0.05) is 29.2 Å². The molecule has 1 amide bonds. The maximum Gasteiger partial charge on any atom is 0.253 e. The number of likely N-dealkylation sites (tertiary alicyclic amines) is 1. The second kappa shape index (κ2) is 7.71. The molecule has 0 aliphatic carbocycles. The second-order valence-corrected chi connectivity index (χ2v) is 6.81. The Balaban J connectivity index is 1.67. The average Bonchev–Trinajstić information content (AvgIpc) is 2.61. The van der Waals surface area contributed by atoms with Crippen molar-refractivity contribution in [2.75, 3.05) is 13.1 Å². The molecule has 1 aliphatic rings. The van der Waals surface area contributed by atoms with Gasteiger partial charge in [0.15, 0.2) is 0 Å². The van der Waals surface area contributed by atoms with Gasteiger partial charge in [0.05, 0.1) is 0 Å². The summed E-state index contributed by atoms with van der Waals surface area (Å²) in [5.74, 6) is 1.35. The highest BCUT2D eigenvalue weighted by molar-refractivity contribution is 6.31. The lowest BCUT2D eigenvalue weighted by molar-refractivity contribution is 0.0682. The summed E-state index contributed by atoms with van der Waals surface area (Å²) in [5, 5.41) is 0.687. The van der Waals surface area contributed by atoms with Crippen LogP contribution in [0.5, 0.6) is 5.75 Å². The minimum absolute atomic E-state index is 0.0877. The molecule has 2 aromatic rings. The lowest BCUT2D eigenvalue weighted by atomic mass is 9.99. The number of halogens is 1. The zero-order valence-corrected chi connectivity index (χ0v) is 14.6. The molecule has 0 bridgehead atoms. The van der Waals surface area contributed by atoms with E-state index in [4.69, 9.17) is 16.3 Å². The van der Waals surface area contributed by atoms with E-state index in [1.54, 1.807) is 0 Å². The number of hydrogen-bond acceptors (Lipinski definition) is 2. The van der Waals surface area contributed by atoms with E-state index in [2.05, 4.69) is 6.92 Å². The molecule has 0 unspecified atom stereocenters. The number of benzene rings is 2. The zero-order chi connectivity index (χ0) is 16.9. The first-order valence-corrected chi connectivity index (χ1v) is 8.77. The van der Waals surface area contributed by atoms with Gasteiger partial charge in [-0.2, -0.15) is 0 Å². The van der Waals surface area contributed by atoms with Gasteiger partial charge in [-0.3, -0.25) is 4.79 Å². The number of hydrogen-bond donors (Lipinski definition) is 0. The van der Waals surface area contributed by atoms with Crippen molar-refractivity contribution in [2.45, 2.75) is 26.4 Å². The summed E-state index contributed by atoms with van der Waals surface area (Å²) in [4.78, 5) is 14.6. The molecule has 0 radical (unpaired) electrons. The van der Waals surface area contributed by atoms with Gasteiger partial charge >= 0.3 is 0 Å². The third-order valence-electron chi connectivity index (χ3n) is 4.38. The van der Waals surface area contributed by atoms with Gasteiger partial charge < -0.3 is 9.64 Å². The van der Waals surface area contributed by atoms with Gasteiger partial charge in [-0.15, -0.1) is 0 Å². The van der Waals surface area contributed by atoms with Gasteiger partial charge in [-0.1, -0.05) is 42.8 Å². The molecule has 0 N–H and O–H groups in total. The first kappa shape index (κ1) is 16.8. The van der Waals surface area contributed by atoms with E-state index in [9.17, 15) is 4.79 Å². The minimum Gasteiger partial charge on any atom is -0.489 e. The van der Waals surface area contributed by atoms with Crippen molar-refractivity contribution >= 4 is 17.5 Å². The number of rotatable bonds is 4. The maximum absolute atomic E-state index is 12.7. The number of carbonyl (C=O) groups is 1. The largest absolute Gasteiger partial charge is 0.489 e. The lowest BCUT2D eigenvalue weighted by Gasteiger charge is -2.31. The minimum atomic E-state index is 0.0877. The fraction of sp³-hybridized carbons (Fsp3) is 0.350. The molecular formula is C20H22ClNO2. The Labute approximate surface area is 148 Å². The zero-order valence-electron chi connectivity index (χ0n) is 13.9. The summed E-state index contributed by atoms with van der Waals surface area (Å²) in [6.45, 7) is 4.26. The molecule has 0 aromatic heterocycles. The smallest absolute Gasteiger partial charge is 0.253 e. The first-order chi connectivity index (χ1) is 11.6. The van der Waals surface area contributed by atoms with Crippen molar-refractivity contribution in [3.8, 4) is 5.75 Å². The van der Waals surface area contributed by atoms with E-state index in [1.165, 1.54) is 6.42 Å². The molecule has 3 rings (SSSR count). The Hall–Kier alpha value is -2.00. The lowest BCUT2D eigenvalue weighted by Crippen LogP contribution is -2.39.